The molecular weight excluding hydrogens is 398 g/mol. The Bertz CT molecular complexity index is 1300. The van der Waals surface area contributed by atoms with Crippen LogP contribution >= 0.6 is 11.3 Å². The Morgan fingerprint density at radius 1 is 1.20 bits per heavy atom. The van der Waals surface area contributed by atoms with Gasteiger partial charge in [0.15, 0.2) is 0 Å². The van der Waals surface area contributed by atoms with Gasteiger partial charge in [-0.15, -0.1) is 10.2 Å². The number of rotatable bonds is 5. The van der Waals surface area contributed by atoms with E-state index in [9.17, 15) is 4.79 Å². The largest absolute Gasteiger partial charge is 0.461 e. The molecule has 0 aliphatic rings. The van der Waals surface area contributed by atoms with Crippen LogP contribution in [0.3, 0.4) is 0 Å². The van der Waals surface area contributed by atoms with Crippen molar-refractivity contribution in [2.24, 2.45) is 10.2 Å². The number of hydrogen-bond donors (Lipinski definition) is 1. The molecule has 0 aliphatic heterocycles. The summed E-state index contributed by atoms with van der Waals surface area (Å²) in [6, 6.07) is 15.9. The quantitative estimate of drug-likeness (QED) is 0.298. The van der Waals surface area contributed by atoms with Crippen LogP contribution in [0.1, 0.15) is 34.8 Å². The van der Waals surface area contributed by atoms with Gasteiger partial charge in [-0.2, -0.15) is 5.10 Å². The number of carbonyl (C=O) groups excluding carboxylic acids is 1. The monoisotopic (exact) mass is 419 g/mol. The number of H-pyrrole nitrogens is 1. The molecule has 0 unspecified atom stereocenters. The summed E-state index contributed by atoms with van der Waals surface area (Å²) in [6.07, 6.45) is 1.92. The highest BCUT2D eigenvalue weighted by Gasteiger charge is 2.15. The lowest BCUT2D eigenvalue weighted by molar-refractivity contribution is 0.0524. The van der Waals surface area contributed by atoms with Crippen molar-refractivity contribution < 1.29 is 9.53 Å². The molecule has 4 aromatic rings. The molecule has 0 fully saturated rings. The lowest BCUT2D eigenvalue weighted by atomic mass is 10.1. The number of aromatic nitrogens is 3. The maximum Gasteiger partial charge on any atom is 0.369 e. The summed E-state index contributed by atoms with van der Waals surface area (Å²) in [5.41, 5.74) is 4.71. The zero-order valence-electron chi connectivity index (χ0n) is 16.9. The summed E-state index contributed by atoms with van der Waals surface area (Å²) < 4.78 is 6.71. The predicted molar refractivity (Wildman–Crippen MR) is 118 cm³/mol. The second-order valence-electron chi connectivity index (χ2n) is 6.69. The fourth-order valence-corrected chi connectivity index (χ4v) is 3.77. The lowest BCUT2D eigenvalue weighted by Gasteiger charge is -2.01. The van der Waals surface area contributed by atoms with E-state index in [-0.39, 0.29) is 11.6 Å². The van der Waals surface area contributed by atoms with Crippen molar-refractivity contribution in [2.75, 3.05) is 6.61 Å². The molecule has 152 valence electrons. The van der Waals surface area contributed by atoms with E-state index in [0.29, 0.717) is 4.80 Å². The molecule has 2 aromatic carbocycles. The van der Waals surface area contributed by atoms with Gasteiger partial charge in [0.25, 0.3) is 0 Å². The number of nitrogens with zero attached hydrogens (tertiary/aromatic N) is 4. The van der Waals surface area contributed by atoms with Crippen molar-refractivity contribution in [1.82, 2.24) is 14.8 Å². The van der Waals surface area contributed by atoms with Gasteiger partial charge in [0, 0.05) is 22.7 Å². The SMILES string of the molecule is CCOC(=O)c1nn(-c2ccc(C)cc2)/c(=N/N=C(/C)c2c[nH]c3ccccc23)s1. The minimum Gasteiger partial charge on any atom is -0.461 e. The Labute approximate surface area is 177 Å². The van der Waals surface area contributed by atoms with E-state index in [1.54, 1.807) is 11.6 Å². The molecule has 0 aliphatic carbocycles. The Kier molecular flexibility index (Phi) is 5.58. The van der Waals surface area contributed by atoms with Gasteiger partial charge in [0.1, 0.15) is 0 Å². The first-order valence-corrected chi connectivity index (χ1v) is 10.4. The number of esters is 1. The average Bonchev–Trinajstić information content (AvgIpc) is 3.37. The molecule has 0 amide bonds. The Morgan fingerprint density at radius 3 is 2.73 bits per heavy atom. The molecule has 30 heavy (non-hydrogen) atoms. The first-order valence-electron chi connectivity index (χ1n) is 9.56. The van der Waals surface area contributed by atoms with Gasteiger partial charge in [-0.05, 0) is 39.0 Å². The lowest BCUT2D eigenvalue weighted by Crippen LogP contribution is -2.14. The number of fused-ring (bicyclic) bond motifs is 1. The highest BCUT2D eigenvalue weighted by atomic mass is 32.1. The van der Waals surface area contributed by atoms with Gasteiger partial charge >= 0.3 is 5.97 Å². The van der Waals surface area contributed by atoms with E-state index in [2.05, 4.69) is 20.3 Å². The minimum atomic E-state index is -0.470. The molecule has 0 radical (unpaired) electrons. The maximum absolute atomic E-state index is 12.2. The second-order valence-corrected chi connectivity index (χ2v) is 7.65. The normalized spacial score (nSPS) is 12.5. The van der Waals surface area contributed by atoms with Crippen LogP contribution in [0.5, 0.6) is 0 Å². The number of ether oxygens (including phenoxy) is 1. The predicted octanol–water partition coefficient (Wildman–Crippen LogP) is 4.23. The minimum absolute atomic E-state index is 0.233. The van der Waals surface area contributed by atoms with Crippen molar-refractivity contribution in [3.05, 3.63) is 75.7 Å². The van der Waals surface area contributed by atoms with E-state index in [0.717, 1.165) is 44.8 Å². The first-order chi connectivity index (χ1) is 14.6. The Morgan fingerprint density at radius 2 is 1.97 bits per heavy atom. The summed E-state index contributed by atoms with van der Waals surface area (Å²) in [6.45, 7) is 5.97. The maximum atomic E-state index is 12.2. The van der Waals surface area contributed by atoms with Gasteiger partial charge in [-0.3, -0.25) is 0 Å². The van der Waals surface area contributed by atoms with E-state index in [4.69, 9.17) is 4.74 Å². The third-order valence-corrected chi connectivity index (χ3v) is 5.43. The molecular formula is C22H21N5O2S. The van der Waals surface area contributed by atoms with Gasteiger partial charge in [0.05, 0.1) is 18.0 Å². The molecule has 4 rings (SSSR count). The Balaban J connectivity index is 1.79. The number of hydrogen-bond acceptors (Lipinski definition) is 6. The Hall–Kier alpha value is -3.52. The third kappa shape index (κ3) is 3.95. The highest BCUT2D eigenvalue weighted by molar-refractivity contribution is 7.10. The molecule has 2 aromatic heterocycles. The summed E-state index contributed by atoms with van der Waals surface area (Å²) in [7, 11) is 0. The zero-order chi connectivity index (χ0) is 21.1. The van der Waals surface area contributed by atoms with Gasteiger partial charge < -0.3 is 9.72 Å². The number of para-hydroxylation sites is 1. The van der Waals surface area contributed by atoms with Crippen molar-refractivity contribution in [3.8, 4) is 5.69 Å². The van der Waals surface area contributed by atoms with Crippen LogP contribution in [0.15, 0.2) is 64.9 Å². The van der Waals surface area contributed by atoms with Crippen molar-refractivity contribution in [1.29, 1.82) is 0 Å². The zero-order valence-corrected chi connectivity index (χ0v) is 17.7. The number of aromatic amines is 1. The molecule has 2 heterocycles. The van der Waals surface area contributed by atoms with Crippen molar-refractivity contribution in [2.45, 2.75) is 20.8 Å². The van der Waals surface area contributed by atoms with Crippen molar-refractivity contribution >= 4 is 33.9 Å². The average molecular weight is 420 g/mol. The summed E-state index contributed by atoms with van der Waals surface area (Å²) in [4.78, 5) is 15.9. The number of nitrogens with one attached hydrogen (secondary N) is 1. The molecule has 0 saturated carbocycles. The topological polar surface area (TPSA) is 84.6 Å². The second kappa shape index (κ2) is 8.46. The number of carbonyl (C=O) groups is 1. The van der Waals surface area contributed by atoms with Crippen LogP contribution in [0.4, 0.5) is 0 Å². The smallest absolute Gasteiger partial charge is 0.369 e. The van der Waals surface area contributed by atoms with Crippen LogP contribution in [-0.4, -0.2) is 33.1 Å². The van der Waals surface area contributed by atoms with Crippen LogP contribution in [0.25, 0.3) is 16.6 Å². The molecule has 0 saturated heterocycles. The van der Waals surface area contributed by atoms with E-state index < -0.39 is 5.97 Å². The summed E-state index contributed by atoms with van der Waals surface area (Å²) >= 11 is 1.15. The molecule has 0 atom stereocenters. The highest BCUT2D eigenvalue weighted by Crippen LogP contribution is 2.18. The molecule has 0 bridgehead atoms. The van der Waals surface area contributed by atoms with Gasteiger partial charge in [-0.25, -0.2) is 9.48 Å². The number of benzene rings is 2. The van der Waals surface area contributed by atoms with E-state index in [1.165, 1.54) is 0 Å². The molecule has 7 nitrogen and oxygen atoms in total. The number of aryl methyl sites for hydroxylation is 1. The standard InChI is InChI=1S/C22H21N5O2S/c1-4-29-21(28)20-26-27(16-11-9-14(2)10-12-16)22(30-20)25-24-15(3)18-13-23-19-8-6-5-7-17(18)19/h5-13,23H,4H2,1-3H3/b24-15-,25-22-. The van der Waals surface area contributed by atoms with Crippen LogP contribution in [0.2, 0.25) is 0 Å². The fourth-order valence-electron chi connectivity index (χ4n) is 3.02. The van der Waals surface area contributed by atoms with Crippen LogP contribution < -0.4 is 4.80 Å². The van der Waals surface area contributed by atoms with E-state index in [1.807, 2.05) is 68.6 Å². The summed E-state index contributed by atoms with van der Waals surface area (Å²) in [5.74, 6) is -0.470. The van der Waals surface area contributed by atoms with Crippen LogP contribution in [0, 0.1) is 6.92 Å². The van der Waals surface area contributed by atoms with E-state index >= 15 is 0 Å². The van der Waals surface area contributed by atoms with Crippen molar-refractivity contribution in [3.63, 3.8) is 0 Å². The summed E-state index contributed by atoms with van der Waals surface area (Å²) in [5, 5.41) is 14.6. The fraction of sp³-hybridized carbons (Fsp3) is 0.182. The van der Waals surface area contributed by atoms with Gasteiger partial charge in [0.2, 0.25) is 9.81 Å². The van der Waals surface area contributed by atoms with Crippen LogP contribution in [-0.2, 0) is 4.74 Å². The molecule has 1 N–H and O–H groups in total. The first kappa shape index (κ1) is 19.8. The molecule has 0 spiro atoms. The third-order valence-electron chi connectivity index (χ3n) is 4.55. The molecule has 8 heteroatoms. The van der Waals surface area contributed by atoms with Gasteiger partial charge in [-0.1, -0.05) is 47.2 Å².